The third-order valence-electron chi connectivity index (χ3n) is 0.390. The molecule has 0 amide bonds. The average molecular weight is 212 g/mol. The Hall–Kier alpha value is 0.818. The predicted octanol–water partition coefficient (Wildman–Crippen LogP) is 1.63. The molecule has 0 aliphatic carbocycles. The Labute approximate surface area is 64.6 Å². The van der Waals surface area contributed by atoms with Crippen LogP contribution in [0.15, 0.2) is 20.0 Å². The zero-order valence-corrected chi connectivity index (χ0v) is 6.63. The summed E-state index contributed by atoms with van der Waals surface area (Å²) in [6, 6.07) is 0. The summed E-state index contributed by atoms with van der Waals surface area (Å²) in [5, 5.41) is 0. The predicted molar refractivity (Wildman–Crippen MR) is 24.0 cm³/mol. The van der Waals surface area contributed by atoms with Crippen LogP contribution < -0.4 is 0 Å². The van der Waals surface area contributed by atoms with Crippen LogP contribution in [0.1, 0.15) is 6.92 Å². The van der Waals surface area contributed by atoms with E-state index in [1.54, 1.807) is 0 Å². The quantitative estimate of drug-likeness (QED) is 0.579. The summed E-state index contributed by atoms with van der Waals surface area (Å²) in [6.07, 6.45) is 6.09. The van der Waals surface area contributed by atoms with E-state index in [0.29, 0.717) is 0 Å². The molecule has 0 aliphatic heterocycles. The van der Waals surface area contributed by atoms with Crippen LogP contribution in [0.3, 0.4) is 0 Å². The number of allylic oxidation sites excluding steroid dienone is 3. The molecule has 0 radical (unpaired) electrons. The van der Waals surface area contributed by atoms with Gasteiger partial charge in [-0.2, -0.15) is 0 Å². The summed E-state index contributed by atoms with van der Waals surface area (Å²) in [6.45, 7) is 2.01. The van der Waals surface area contributed by atoms with Crippen molar-refractivity contribution < 1.29 is 38.3 Å². The molecule has 0 unspecified atom stereocenters. The zero-order valence-electron chi connectivity index (χ0n) is 3.76. The summed E-state index contributed by atoms with van der Waals surface area (Å²) in [5.74, 6) is 0. The van der Waals surface area contributed by atoms with Crippen LogP contribution >= 0.6 is 0 Å². The Morgan fingerprint density at radius 3 is 2.17 bits per heavy atom. The molecule has 0 saturated carbocycles. The second-order valence-electron chi connectivity index (χ2n) is 0.867. The first-order valence-electron chi connectivity index (χ1n) is 1.84. The Bertz CT molecular complexity index is 52.3. The van der Waals surface area contributed by atoms with Gasteiger partial charge in [0.15, 0.2) is 0 Å². The van der Waals surface area contributed by atoms with Gasteiger partial charge >= 0.3 is 65.3 Å². The first-order chi connectivity index (χ1) is 2.91. The third kappa shape index (κ3) is 4.82. The van der Waals surface area contributed by atoms with Gasteiger partial charge in [0.1, 0.15) is 0 Å². The standard InChI is InChI=1S/C5H7.Pm/c1-3-5-4-2;/h1,3-5H,2H3;. The van der Waals surface area contributed by atoms with Crippen LogP contribution in [0.25, 0.3) is 0 Å². The fourth-order valence-corrected chi connectivity index (χ4v) is 0.480. The topological polar surface area (TPSA) is 0 Å². The third-order valence-corrected chi connectivity index (χ3v) is 0.942. The second-order valence-corrected chi connectivity index (χ2v) is 1.82. The van der Waals surface area contributed by atoms with Crippen molar-refractivity contribution in [3.05, 3.63) is 20.0 Å². The Kier molecular flexibility index (Phi) is 6.61. The van der Waals surface area contributed by atoms with Gasteiger partial charge in [-0.15, -0.1) is 0 Å². The van der Waals surface area contributed by atoms with E-state index >= 15 is 0 Å². The maximum absolute atomic E-state index is 2.11. The van der Waals surface area contributed by atoms with Crippen molar-refractivity contribution in [1.29, 1.82) is 0 Å². The molecule has 0 aliphatic rings. The minimum atomic E-state index is 1.34. The van der Waals surface area contributed by atoms with Crippen LogP contribution in [-0.4, -0.2) is 0 Å². The molecule has 0 atom stereocenters. The number of rotatable bonds is 1. The fourth-order valence-electron chi connectivity index (χ4n) is 0.161. The molecule has 1 heteroatoms. The molecule has 6 heavy (non-hydrogen) atoms. The van der Waals surface area contributed by atoms with Crippen molar-refractivity contribution in [1.82, 2.24) is 0 Å². The number of hydrogen-bond donors (Lipinski definition) is 0. The van der Waals surface area contributed by atoms with Gasteiger partial charge in [0.2, 0.25) is 0 Å². The molecule has 0 aromatic heterocycles. The van der Waals surface area contributed by atoms with Crippen molar-refractivity contribution in [2.24, 2.45) is 0 Å². The van der Waals surface area contributed by atoms with E-state index in [1.165, 1.54) is 38.3 Å². The van der Waals surface area contributed by atoms with Crippen LogP contribution in [0.2, 0.25) is 0 Å². The molecule has 0 fully saturated rings. The Morgan fingerprint density at radius 2 is 2.00 bits per heavy atom. The summed E-state index contributed by atoms with van der Waals surface area (Å²) in [7, 11) is 0. The van der Waals surface area contributed by atoms with E-state index in [1.807, 2.05) is 25.2 Å². The first kappa shape index (κ1) is 6.82. The Balaban J connectivity index is 3.07. The van der Waals surface area contributed by atoms with Crippen LogP contribution in [0.5, 0.6) is 0 Å². The zero-order chi connectivity index (χ0) is 4.83. The van der Waals surface area contributed by atoms with Crippen LogP contribution in [0, 0.1) is 38.3 Å². The molecular weight excluding hydrogens is 205 g/mol. The molecule has 0 rings (SSSR count). The van der Waals surface area contributed by atoms with E-state index < -0.39 is 0 Å². The van der Waals surface area contributed by atoms with Crippen LogP contribution in [0.4, 0.5) is 0 Å². The summed E-state index contributed by atoms with van der Waals surface area (Å²) < 4.78 is 2.11. The van der Waals surface area contributed by atoms with Gasteiger partial charge in [-0.25, -0.2) is 0 Å². The fraction of sp³-hybridized carbons (Fsp3) is 0.200. The van der Waals surface area contributed by atoms with Crippen molar-refractivity contribution in [2.75, 3.05) is 0 Å². The van der Waals surface area contributed by atoms with E-state index in [9.17, 15) is 0 Å². The van der Waals surface area contributed by atoms with Gasteiger partial charge in [-0.1, -0.05) is 0 Å². The van der Waals surface area contributed by atoms with E-state index in [2.05, 4.69) is 1.79 Å². The van der Waals surface area contributed by atoms with Crippen molar-refractivity contribution in [3.63, 3.8) is 0 Å². The molecule has 0 spiro atoms. The summed E-state index contributed by atoms with van der Waals surface area (Å²) in [5.41, 5.74) is 0. The molecule has 32 valence electrons. The van der Waals surface area contributed by atoms with Gasteiger partial charge in [0.25, 0.3) is 0 Å². The van der Waals surface area contributed by atoms with Gasteiger partial charge in [0, 0.05) is 0 Å². The second kappa shape index (κ2) is 5.82. The molecule has 0 heterocycles. The van der Waals surface area contributed by atoms with Gasteiger partial charge < -0.3 is 0 Å². The molecule has 0 aromatic rings. The SMILES string of the molecule is CC=CC=[CH][Pm]. The molecule has 0 saturated heterocycles. The average Bonchev–Trinajstić information content (AvgIpc) is 1.61. The monoisotopic (exact) mass is 212 g/mol. The maximum atomic E-state index is 2.11. The van der Waals surface area contributed by atoms with Crippen molar-refractivity contribution >= 4 is 0 Å². The normalized spacial score (nSPS) is 11.5. The van der Waals surface area contributed by atoms with Gasteiger partial charge in [-0.05, 0) is 0 Å². The number of hydrogen-bond acceptors (Lipinski definition) is 0. The summed E-state index contributed by atoms with van der Waals surface area (Å²) >= 11 is 1.34. The molecule has 0 aromatic carbocycles. The molecular formula is C5H7Pm. The van der Waals surface area contributed by atoms with Crippen molar-refractivity contribution in [3.8, 4) is 0 Å². The minimum absolute atomic E-state index is 1.34. The van der Waals surface area contributed by atoms with E-state index in [4.69, 9.17) is 0 Å². The summed E-state index contributed by atoms with van der Waals surface area (Å²) in [4.78, 5) is 0. The first-order valence-corrected chi connectivity index (χ1v) is 3.49. The molecule has 0 N–H and O–H groups in total. The molecule has 0 nitrogen and oxygen atoms in total. The van der Waals surface area contributed by atoms with Crippen LogP contribution in [-0.2, 0) is 0 Å². The van der Waals surface area contributed by atoms with E-state index in [-0.39, 0.29) is 0 Å². The van der Waals surface area contributed by atoms with Gasteiger partial charge in [-0.3, -0.25) is 0 Å². The van der Waals surface area contributed by atoms with Gasteiger partial charge in [0.05, 0.1) is 0 Å². The molecule has 0 bridgehead atoms. The van der Waals surface area contributed by atoms with E-state index in [0.717, 1.165) is 0 Å². The Morgan fingerprint density at radius 1 is 1.33 bits per heavy atom. The van der Waals surface area contributed by atoms with Crippen molar-refractivity contribution in [2.45, 2.75) is 6.92 Å².